The Kier molecular flexibility index (Phi) is 14.2. The van der Waals surface area contributed by atoms with Crippen LogP contribution in [0.2, 0.25) is 0 Å². The second-order valence-corrected chi connectivity index (χ2v) is 23.4. The molecule has 4 heterocycles. The largest absolute Gasteiger partial charge is 0.462 e. The number of ether oxygens (including phenoxy) is 4. The van der Waals surface area contributed by atoms with Crippen LogP contribution in [-0.4, -0.2) is 134 Å². The number of hydrogen-bond acceptors (Lipinski definition) is 12. The van der Waals surface area contributed by atoms with Crippen LogP contribution in [0.1, 0.15) is 175 Å². The molecule has 4 rings (SSSR count). The molecule has 0 aromatic carbocycles. The van der Waals surface area contributed by atoms with Crippen molar-refractivity contribution in [1.29, 1.82) is 0 Å². The molecule has 346 valence electrons. The molecule has 0 aliphatic carbocycles. The fourth-order valence-corrected chi connectivity index (χ4v) is 11.2. The number of nitrogens with zero attached hydrogens (tertiary/aromatic N) is 4. The number of carbonyl (C=O) groups excluding carboxylic acids is 4. The average molecular weight is 859 g/mol. The van der Waals surface area contributed by atoms with Crippen molar-refractivity contribution in [1.82, 2.24) is 20.3 Å². The quantitative estimate of drug-likeness (QED) is 0.165. The van der Waals surface area contributed by atoms with Crippen molar-refractivity contribution < 1.29 is 59.0 Å². The van der Waals surface area contributed by atoms with Crippen LogP contribution in [-0.2, 0) is 38.1 Å². The molecule has 2 atom stereocenters. The van der Waals surface area contributed by atoms with Crippen LogP contribution >= 0.6 is 0 Å². The van der Waals surface area contributed by atoms with Gasteiger partial charge in [0.2, 0.25) is 0 Å². The Balaban J connectivity index is 1.72. The molecule has 0 radical (unpaired) electrons. The van der Waals surface area contributed by atoms with E-state index in [9.17, 15) is 19.2 Å². The van der Waals surface area contributed by atoms with Crippen LogP contribution in [0.4, 0.5) is 0 Å². The van der Waals surface area contributed by atoms with Crippen molar-refractivity contribution in [2.24, 2.45) is 11.8 Å². The Labute approximate surface area is 358 Å². The molecule has 4 fully saturated rings. The molecule has 0 amide bonds. The molecule has 4 saturated heterocycles. The third-order valence-corrected chi connectivity index (χ3v) is 13.7. The lowest BCUT2D eigenvalue weighted by Gasteiger charge is -2.48. The summed E-state index contributed by atoms with van der Waals surface area (Å²) < 4.78 is 24.6. The summed E-state index contributed by atoms with van der Waals surface area (Å²) in [5.41, 5.74) is -5.16. The lowest BCUT2D eigenvalue weighted by molar-refractivity contribution is -0.262. The smallest absolute Gasteiger partial charge is 0.310 e. The molecule has 0 aromatic heterocycles. The lowest BCUT2D eigenvalue weighted by Crippen LogP contribution is -2.61. The van der Waals surface area contributed by atoms with Crippen LogP contribution in [0.15, 0.2) is 0 Å². The van der Waals surface area contributed by atoms with Gasteiger partial charge in [-0.3, -0.25) is 19.2 Å². The van der Waals surface area contributed by atoms with Crippen molar-refractivity contribution >= 4 is 23.9 Å². The summed E-state index contributed by atoms with van der Waals surface area (Å²) in [6.07, 6.45) is -0.811. The van der Waals surface area contributed by atoms with E-state index < -0.39 is 117 Å². The van der Waals surface area contributed by atoms with Gasteiger partial charge < -0.3 is 39.8 Å². The van der Waals surface area contributed by atoms with Gasteiger partial charge in [-0.25, -0.2) is 0 Å². The van der Waals surface area contributed by atoms with E-state index in [0.717, 1.165) is 0 Å². The molecule has 2 unspecified atom stereocenters. The molecule has 8 N–H and O–H groups in total. The van der Waals surface area contributed by atoms with Crippen molar-refractivity contribution in [2.45, 2.75) is 244 Å². The van der Waals surface area contributed by atoms with Crippen molar-refractivity contribution in [3.8, 4) is 0 Å². The maximum Gasteiger partial charge on any atom is 0.310 e. The average Bonchev–Trinajstić information content (AvgIpc) is 3.04. The Hall–Kier alpha value is -2.44. The molecule has 60 heavy (non-hydrogen) atoms. The van der Waals surface area contributed by atoms with E-state index in [2.05, 4.69) is 0 Å². The predicted molar refractivity (Wildman–Crippen MR) is 227 cm³/mol. The molecule has 16 nitrogen and oxygen atoms in total. The van der Waals surface area contributed by atoms with E-state index in [-0.39, 0.29) is 0 Å². The van der Waals surface area contributed by atoms with Crippen molar-refractivity contribution in [2.75, 3.05) is 0 Å². The maximum absolute atomic E-state index is 14.7. The number of hydrogen-bond donors (Lipinski definition) is 0. The van der Waals surface area contributed by atoms with Gasteiger partial charge in [0.1, 0.15) is 24.4 Å². The van der Waals surface area contributed by atoms with Gasteiger partial charge in [-0.15, -0.1) is 0 Å². The van der Waals surface area contributed by atoms with Gasteiger partial charge in [0, 0.05) is 51.4 Å². The van der Waals surface area contributed by atoms with E-state index in [4.69, 9.17) is 39.8 Å². The van der Waals surface area contributed by atoms with E-state index in [1.807, 2.05) is 111 Å². The molecule has 0 bridgehead atoms. The molecule has 4 aliphatic rings. The highest BCUT2D eigenvalue weighted by molar-refractivity contribution is 5.88. The first-order valence-corrected chi connectivity index (χ1v) is 21.8. The van der Waals surface area contributed by atoms with Gasteiger partial charge in [0.15, 0.2) is 0 Å². The highest BCUT2D eigenvalue weighted by Gasteiger charge is 2.55. The third kappa shape index (κ3) is 11.2. The minimum atomic E-state index is -1.49. The molecule has 0 aromatic rings. The second kappa shape index (κ2) is 16.9. The summed E-state index contributed by atoms with van der Waals surface area (Å²) in [5.74, 6) is -6.15. The predicted octanol–water partition coefficient (Wildman–Crippen LogP) is 3.82. The van der Waals surface area contributed by atoms with E-state index in [1.54, 1.807) is 0 Å². The van der Waals surface area contributed by atoms with Gasteiger partial charge in [-0.05, 0) is 111 Å². The summed E-state index contributed by atoms with van der Waals surface area (Å²) in [7, 11) is 0. The van der Waals surface area contributed by atoms with Gasteiger partial charge in [0.25, 0.3) is 0 Å². The molecule has 0 spiro atoms. The fourth-order valence-electron chi connectivity index (χ4n) is 11.2. The molecule has 0 saturated carbocycles. The Morgan fingerprint density at radius 1 is 0.383 bits per heavy atom. The van der Waals surface area contributed by atoms with Gasteiger partial charge in [-0.2, -0.15) is 0 Å². The van der Waals surface area contributed by atoms with E-state index >= 15 is 0 Å². The third-order valence-electron chi connectivity index (χ3n) is 13.7. The SMILES string of the molecule is CC1(C)CC(OC(=O)CC(C(=O)OC2CC(C)(C)N([OH2+])C(C)(C)C2)C(CC(=O)OC2CC(C)(C)N([OH2+])C(C)(C)C2)C(=O)OC2CC(C)(C)N([OH2+])C(C)(C)C2)CC(C)(C)N1[OH2+]. The summed E-state index contributed by atoms with van der Waals surface area (Å²) in [5, 5.41) is 41.0. The first-order valence-electron chi connectivity index (χ1n) is 21.8. The standard InChI is InChI=1S/C44H78N4O12/c1-37(2)19-27(20-38(3,4)45(37)53)57-33(49)17-31(35(51)59-29-23-41(9,10)47(55)42(11,12)24-29)32(36(52)60-30-25-43(13,14)48(56)44(15,16)26-30)18-34(50)58-28-21-39(5,6)46(54)40(7,8)22-28/h27-32,53-56H,17-26H2,1-16H3/p+4. The van der Waals surface area contributed by atoms with Crippen LogP contribution in [0.25, 0.3) is 0 Å². The lowest BCUT2D eigenvalue weighted by atomic mass is 9.79. The van der Waals surface area contributed by atoms with Crippen LogP contribution in [0.5, 0.6) is 0 Å². The van der Waals surface area contributed by atoms with Gasteiger partial charge >= 0.3 is 23.9 Å². The normalized spacial score (nSPS) is 28.3. The van der Waals surface area contributed by atoms with Crippen molar-refractivity contribution in [3.63, 3.8) is 0 Å². The number of piperidine rings is 4. The topological polar surface area (TPSA) is 210 Å². The highest BCUT2D eigenvalue weighted by Crippen LogP contribution is 2.43. The number of carbonyl (C=O) groups is 4. The zero-order valence-electron chi connectivity index (χ0n) is 39.6. The second-order valence-electron chi connectivity index (χ2n) is 23.4. The minimum Gasteiger partial charge on any atom is -0.462 e. The fraction of sp³-hybridized carbons (Fsp3) is 0.909. The Morgan fingerprint density at radius 2 is 0.550 bits per heavy atom. The van der Waals surface area contributed by atoms with Gasteiger partial charge in [-0.1, -0.05) is 20.3 Å². The van der Waals surface area contributed by atoms with E-state index in [0.29, 0.717) is 51.4 Å². The van der Waals surface area contributed by atoms with Crippen LogP contribution in [0, 0.1) is 11.8 Å². The minimum absolute atomic E-state index is 0.325. The first kappa shape index (κ1) is 50.2. The molecule has 4 aliphatic heterocycles. The molecular formula is C44H82N4O12+4. The zero-order valence-corrected chi connectivity index (χ0v) is 39.6. The highest BCUT2D eigenvalue weighted by atomic mass is 16.6. The Morgan fingerprint density at radius 3 is 0.733 bits per heavy atom. The number of hydroxylamine groups is 8. The summed E-state index contributed by atoms with van der Waals surface area (Å²) >= 11 is 0. The maximum atomic E-state index is 14.7. The van der Waals surface area contributed by atoms with E-state index in [1.165, 1.54) is 20.3 Å². The first-order chi connectivity index (χ1) is 26.9. The molecular weight excluding hydrogens is 776 g/mol. The van der Waals surface area contributed by atoms with Crippen LogP contribution < -0.4 is 0 Å². The summed E-state index contributed by atoms with van der Waals surface area (Å²) in [4.78, 5) is 57.7. The monoisotopic (exact) mass is 859 g/mol. The number of rotatable bonds is 11. The summed E-state index contributed by atoms with van der Waals surface area (Å²) in [6.45, 7) is 30.5. The van der Waals surface area contributed by atoms with Crippen molar-refractivity contribution in [3.05, 3.63) is 0 Å². The van der Waals surface area contributed by atoms with Crippen LogP contribution in [0.3, 0.4) is 0 Å². The Bertz CT molecular complexity index is 1420. The molecule has 16 heteroatoms. The summed E-state index contributed by atoms with van der Waals surface area (Å²) in [6, 6.07) is 0. The van der Waals surface area contributed by atoms with Gasteiger partial charge in [0.05, 0.1) is 69.0 Å². The number of esters is 4. The zero-order chi connectivity index (χ0) is 46.0.